The number of hydrogen-bond donors (Lipinski definition) is 1. The zero-order valence-electron chi connectivity index (χ0n) is 10.4. The topological polar surface area (TPSA) is 23.6 Å². The minimum Gasteiger partial charge on any atom is -0.343 e. The normalized spacial score (nSPS) is 18.9. The van der Waals surface area contributed by atoms with Crippen LogP contribution in [0.3, 0.4) is 0 Å². The molecule has 0 unspecified atom stereocenters. The van der Waals surface area contributed by atoms with Gasteiger partial charge in [0, 0.05) is 32.6 Å². The molecule has 1 rings (SSSR count). The minimum absolute atomic E-state index is 0.0132. The van der Waals surface area contributed by atoms with Crippen molar-refractivity contribution in [3.05, 3.63) is 0 Å². The van der Waals surface area contributed by atoms with Gasteiger partial charge in [-0.2, -0.15) is 25.8 Å². The summed E-state index contributed by atoms with van der Waals surface area (Å²) < 4.78 is 36.6. The molecular weight excluding hydrogens is 265 g/mol. The van der Waals surface area contributed by atoms with Crippen LogP contribution in [0.15, 0.2) is 0 Å². The number of amides is 1. The van der Waals surface area contributed by atoms with Crippen LogP contribution in [0.5, 0.6) is 0 Å². The van der Waals surface area contributed by atoms with Crippen LogP contribution in [0, 0.1) is 0 Å². The number of likely N-dealkylation sites (tertiary alicyclic amines) is 1. The van der Waals surface area contributed by atoms with E-state index >= 15 is 0 Å². The van der Waals surface area contributed by atoms with Crippen molar-refractivity contribution in [1.82, 2.24) is 9.80 Å². The number of carbonyl (C=O) groups excluding carboxylic acids is 1. The number of alkyl halides is 3. The zero-order chi connectivity index (χ0) is 13.8. The third kappa shape index (κ3) is 5.06. The first-order valence-electron chi connectivity index (χ1n) is 5.99. The van der Waals surface area contributed by atoms with Gasteiger partial charge in [-0.1, -0.05) is 0 Å². The predicted molar refractivity (Wildman–Crippen MR) is 66.8 cm³/mol. The first-order chi connectivity index (χ1) is 8.33. The Balaban J connectivity index is 2.37. The summed E-state index contributed by atoms with van der Waals surface area (Å²) in [4.78, 5) is 14.7. The van der Waals surface area contributed by atoms with Gasteiger partial charge in [0.1, 0.15) is 0 Å². The maximum atomic E-state index is 12.2. The maximum absolute atomic E-state index is 12.2. The molecule has 0 spiro atoms. The van der Waals surface area contributed by atoms with Crippen molar-refractivity contribution >= 4 is 18.5 Å². The quantitative estimate of drug-likeness (QED) is 0.796. The van der Waals surface area contributed by atoms with Crippen LogP contribution in [0.4, 0.5) is 13.2 Å². The van der Waals surface area contributed by atoms with Gasteiger partial charge < -0.3 is 4.90 Å². The molecule has 0 aromatic heterocycles. The summed E-state index contributed by atoms with van der Waals surface area (Å²) in [6, 6.07) is 0.0573. The molecule has 3 nitrogen and oxygen atoms in total. The standard InChI is InChI=1S/C11H19F3N2OS/c1-15(10(17)4-7-18)9-2-5-16(6-3-9)8-11(12,13)14/h9,18H,2-8H2,1H3. The molecule has 0 N–H and O–H groups in total. The second-order valence-corrected chi connectivity index (χ2v) is 5.05. The lowest BCUT2D eigenvalue weighted by atomic mass is 10.0. The molecule has 7 heteroatoms. The third-order valence-corrected chi connectivity index (χ3v) is 3.45. The van der Waals surface area contributed by atoms with E-state index in [0.717, 1.165) is 0 Å². The summed E-state index contributed by atoms with van der Waals surface area (Å²) in [5.74, 6) is 0.509. The van der Waals surface area contributed by atoms with Crippen molar-refractivity contribution < 1.29 is 18.0 Å². The van der Waals surface area contributed by atoms with Crippen LogP contribution < -0.4 is 0 Å². The van der Waals surface area contributed by atoms with E-state index in [1.807, 2.05) is 0 Å². The fourth-order valence-corrected chi connectivity index (χ4v) is 2.39. The highest BCUT2D eigenvalue weighted by Gasteiger charge is 2.33. The molecule has 0 aromatic rings. The molecule has 1 saturated heterocycles. The van der Waals surface area contributed by atoms with E-state index in [9.17, 15) is 18.0 Å². The number of carbonyl (C=O) groups is 1. The fourth-order valence-electron chi connectivity index (χ4n) is 2.19. The molecule has 1 aliphatic heterocycles. The Morgan fingerprint density at radius 3 is 2.39 bits per heavy atom. The van der Waals surface area contributed by atoms with Crippen LogP contribution >= 0.6 is 12.6 Å². The van der Waals surface area contributed by atoms with Crippen LogP contribution in [0.1, 0.15) is 19.3 Å². The molecule has 0 bridgehead atoms. The van der Waals surface area contributed by atoms with Crippen LogP contribution in [-0.2, 0) is 4.79 Å². The molecule has 1 aliphatic rings. The van der Waals surface area contributed by atoms with E-state index in [1.54, 1.807) is 11.9 Å². The van der Waals surface area contributed by atoms with Crippen LogP contribution in [0.2, 0.25) is 0 Å². The fraction of sp³-hybridized carbons (Fsp3) is 0.909. The highest BCUT2D eigenvalue weighted by molar-refractivity contribution is 7.80. The maximum Gasteiger partial charge on any atom is 0.401 e. The average Bonchev–Trinajstić information content (AvgIpc) is 2.27. The summed E-state index contributed by atoms with van der Waals surface area (Å²) in [5, 5.41) is 0. The van der Waals surface area contributed by atoms with Gasteiger partial charge >= 0.3 is 6.18 Å². The van der Waals surface area contributed by atoms with E-state index in [2.05, 4.69) is 12.6 Å². The first kappa shape index (κ1) is 15.6. The van der Waals surface area contributed by atoms with E-state index in [0.29, 0.717) is 38.1 Å². The van der Waals surface area contributed by atoms with E-state index < -0.39 is 12.7 Å². The van der Waals surface area contributed by atoms with Crippen molar-refractivity contribution in [2.75, 3.05) is 32.4 Å². The van der Waals surface area contributed by atoms with Crippen molar-refractivity contribution in [1.29, 1.82) is 0 Å². The van der Waals surface area contributed by atoms with Crippen LogP contribution in [0.25, 0.3) is 0 Å². The molecule has 0 saturated carbocycles. The SMILES string of the molecule is CN(C(=O)CCS)C1CCN(CC(F)(F)F)CC1. The van der Waals surface area contributed by atoms with Gasteiger partial charge in [0.05, 0.1) is 6.54 Å². The summed E-state index contributed by atoms with van der Waals surface area (Å²) >= 11 is 4.00. The number of hydrogen-bond acceptors (Lipinski definition) is 3. The molecule has 0 aromatic carbocycles. The second kappa shape index (κ2) is 6.65. The molecular formula is C11H19F3N2OS. The largest absolute Gasteiger partial charge is 0.401 e. The van der Waals surface area contributed by atoms with Crippen LogP contribution in [-0.4, -0.2) is 60.4 Å². The van der Waals surface area contributed by atoms with Crippen molar-refractivity contribution in [2.45, 2.75) is 31.5 Å². The molecule has 1 heterocycles. The Labute approximate surface area is 111 Å². The van der Waals surface area contributed by atoms with Gasteiger partial charge in [-0.25, -0.2) is 0 Å². The summed E-state index contributed by atoms with van der Waals surface area (Å²) in [5.41, 5.74) is 0. The summed E-state index contributed by atoms with van der Waals surface area (Å²) in [7, 11) is 1.72. The van der Waals surface area contributed by atoms with Crippen molar-refractivity contribution in [3.63, 3.8) is 0 Å². The second-order valence-electron chi connectivity index (χ2n) is 4.60. The molecule has 18 heavy (non-hydrogen) atoms. The van der Waals surface area contributed by atoms with Gasteiger partial charge in [-0.15, -0.1) is 0 Å². The zero-order valence-corrected chi connectivity index (χ0v) is 11.3. The van der Waals surface area contributed by atoms with E-state index in [-0.39, 0.29) is 11.9 Å². The van der Waals surface area contributed by atoms with Gasteiger partial charge in [0.2, 0.25) is 5.91 Å². The number of rotatable bonds is 4. The van der Waals surface area contributed by atoms with Gasteiger partial charge in [-0.3, -0.25) is 9.69 Å². The molecule has 106 valence electrons. The molecule has 1 amide bonds. The predicted octanol–water partition coefficient (Wildman–Crippen LogP) is 1.79. The highest BCUT2D eigenvalue weighted by atomic mass is 32.1. The Morgan fingerprint density at radius 2 is 1.94 bits per heavy atom. The lowest BCUT2D eigenvalue weighted by Crippen LogP contribution is -2.47. The summed E-state index contributed by atoms with van der Waals surface area (Å²) in [6.07, 6.45) is -2.56. The molecule has 0 atom stereocenters. The van der Waals surface area contributed by atoms with Gasteiger partial charge in [0.15, 0.2) is 0 Å². The minimum atomic E-state index is -4.14. The number of piperidine rings is 1. The average molecular weight is 284 g/mol. The Morgan fingerprint density at radius 1 is 1.39 bits per heavy atom. The lowest BCUT2D eigenvalue weighted by Gasteiger charge is -2.37. The van der Waals surface area contributed by atoms with Gasteiger partial charge in [0.25, 0.3) is 0 Å². The Kier molecular flexibility index (Phi) is 5.78. The monoisotopic (exact) mass is 284 g/mol. The highest BCUT2D eigenvalue weighted by Crippen LogP contribution is 2.21. The molecule has 1 fully saturated rings. The molecule has 0 radical (unpaired) electrons. The van der Waals surface area contributed by atoms with Crippen molar-refractivity contribution in [2.24, 2.45) is 0 Å². The smallest absolute Gasteiger partial charge is 0.343 e. The molecule has 0 aliphatic carbocycles. The van der Waals surface area contributed by atoms with Gasteiger partial charge in [-0.05, 0) is 18.6 Å². The number of nitrogens with zero attached hydrogens (tertiary/aromatic N) is 2. The number of halogens is 3. The lowest BCUT2D eigenvalue weighted by molar-refractivity contribution is -0.150. The first-order valence-corrected chi connectivity index (χ1v) is 6.62. The summed E-state index contributed by atoms with van der Waals surface area (Å²) in [6.45, 7) is -0.0701. The Bertz CT molecular complexity index is 278. The van der Waals surface area contributed by atoms with E-state index in [4.69, 9.17) is 0 Å². The van der Waals surface area contributed by atoms with E-state index in [1.165, 1.54) is 4.90 Å². The third-order valence-electron chi connectivity index (χ3n) is 3.23. The number of thiol groups is 1. The Hall–Kier alpha value is -0.430. The van der Waals surface area contributed by atoms with Crippen molar-refractivity contribution in [3.8, 4) is 0 Å².